The maximum Gasteiger partial charge on any atom is 0.241 e. The largest absolute Gasteiger partial charge is 0.380 e. The molecule has 0 aliphatic carbocycles. The lowest BCUT2D eigenvalue weighted by molar-refractivity contribution is -0.118. The van der Waals surface area contributed by atoms with Gasteiger partial charge in [0.05, 0.1) is 17.8 Å². The third-order valence-electron chi connectivity index (χ3n) is 3.47. The molecule has 0 saturated carbocycles. The summed E-state index contributed by atoms with van der Waals surface area (Å²) in [5.41, 5.74) is 1.49. The van der Waals surface area contributed by atoms with E-state index in [4.69, 9.17) is 4.74 Å². The molecule has 1 amide bonds. The molecule has 8 heteroatoms. The molecule has 2 aromatic rings. The highest BCUT2D eigenvalue weighted by molar-refractivity contribution is 5.95. The SMILES string of the molecule is COC1CNC(C(=O)Nc2cccc(-n3cnnn3)c2)C1. The number of nitrogens with zero attached hydrogens (tertiary/aromatic N) is 4. The number of methoxy groups -OCH3 is 1. The molecule has 110 valence electrons. The second-order valence-electron chi connectivity index (χ2n) is 4.85. The van der Waals surface area contributed by atoms with E-state index in [1.54, 1.807) is 7.11 Å². The number of benzene rings is 1. The number of carbonyl (C=O) groups excluding carboxylic acids is 1. The van der Waals surface area contributed by atoms with Crippen molar-refractivity contribution in [3.8, 4) is 5.69 Å². The van der Waals surface area contributed by atoms with Gasteiger partial charge in [0.2, 0.25) is 5.91 Å². The molecule has 3 rings (SSSR count). The molecule has 8 nitrogen and oxygen atoms in total. The second kappa shape index (κ2) is 5.98. The van der Waals surface area contributed by atoms with E-state index in [9.17, 15) is 4.79 Å². The van der Waals surface area contributed by atoms with Gasteiger partial charge in [-0.2, -0.15) is 0 Å². The maximum atomic E-state index is 12.2. The number of tetrazole rings is 1. The summed E-state index contributed by atoms with van der Waals surface area (Å²) in [6.07, 6.45) is 2.27. The lowest BCUT2D eigenvalue weighted by atomic mass is 10.2. The minimum atomic E-state index is -0.230. The van der Waals surface area contributed by atoms with E-state index in [-0.39, 0.29) is 18.1 Å². The second-order valence-corrected chi connectivity index (χ2v) is 4.85. The fourth-order valence-corrected chi connectivity index (χ4v) is 2.32. The average molecular weight is 288 g/mol. The lowest BCUT2D eigenvalue weighted by Crippen LogP contribution is -2.35. The highest BCUT2D eigenvalue weighted by atomic mass is 16.5. The number of amides is 1. The Morgan fingerprint density at radius 3 is 3.14 bits per heavy atom. The maximum absolute atomic E-state index is 12.2. The van der Waals surface area contributed by atoms with Crippen LogP contribution in [0, 0.1) is 0 Å². The third kappa shape index (κ3) is 3.06. The zero-order chi connectivity index (χ0) is 14.7. The van der Waals surface area contributed by atoms with Crippen molar-refractivity contribution in [1.29, 1.82) is 0 Å². The van der Waals surface area contributed by atoms with Gasteiger partial charge in [0.25, 0.3) is 0 Å². The molecule has 0 bridgehead atoms. The van der Waals surface area contributed by atoms with Crippen molar-refractivity contribution in [3.63, 3.8) is 0 Å². The smallest absolute Gasteiger partial charge is 0.241 e. The molecule has 1 aliphatic rings. The first kappa shape index (κ1) is 13.7. The number of anilines is 1. The zero-order valence-corrected chi connectivity index (χ0v) is 11.6. The summed E-state index contributed by atoms with van der Waals surface area (Å²) in [6.45, 7) is 0.694. The van der Waals surface area contributed by atoms with E-state index >= 15 is 0 Å². The van der Waals surface area contributed by atoms with Gasteiger partial charge < -0.3 is 15.4 Å². The molecule has 1 aliphatic heterocycles. The van der Waals surface area contributed by atoms with Gasteiger partial charge >= 0.3 is 0 Å². The predicted octanol–water partition coefficient (Wildman–Crippen LogP) is -0.0223. The van der Waals surface area contributed by atoms with Crippen molar-refractivity contribution in [2.45, 2.75) is 18.6 Å². The molecule has 2 N–H and O–H groups in total. The quantitative estimate of drug-likeness (QED) is 0.821. The Balaban J connectivity index is 1.68. The number of carbonyl (C=O) groups is 1. The molecule has 1 saturated heterocycles. The average Bonchev–Trinajstić information content (AvgIpc) is 3.19. The summed E-state index contributed by atoms with van der Waals surface area (Å²) in [4.78, 5) is 12.2. The molecular weight excluding hydrogens is 272 g/mol. The highest BCUT2D eigenvalue weighted by Gasteiger charge is 2.29. The van der Waals surface area contributed by atoms with E-state index in [1.165, 1.54) is 11.0 Å². The molecule has 1 aromatic carbocycles. The number of nitrogens with one attached hydrogen (secondary N) is 2. The van der Waals surface area contributed by atoms with Gasteiger partial charge in [-0.05, 0) is 35.0 Å². The fourth-order valence-electron chi connectivity index (χ4n) is 2.32. The molecule has 21 heavy (non-hydrogen) atoms. The van der Waals surface area contributed by atoms with Crippen LogP contribution >= 0.6 is 0 Å². The molecule has 2 atom stereocenters. The van der Waals surface area contributed by atoms with Gasteiger partial charge in [-0.15, -0.1) is 5.10 Å². The van der Waals surface area contributed by atoms with Gasteiger partial charge in [0.15, 0.2) is 0 Å². The summed E-state index contributed by atoms with van der Waals surface area (Å²) in [5.74, 6) is -0.0663. The normalized spacial score (nSPS) is 21.4. The van der Waals surface area contributed by atoms with Crippen LogP contribution in [0.3, 0.4) is 0 Å². The Morgan fingerprint density at radius 1 is 1.52 bits per heavy atom. The van der Waals surface area contributed by atoms with E-state index in [2.05, 4.69) is 26.2 Å². The molecule has 1 aromatic heterocycles. The van der Waals surface area contributed by atoms with Crippen molar-refractivity contribution in [3.05, 3.63) is 30.6 Å². The standard InChI is InChI=1S/C13H16N6O2/c1-21-11-6-12(14-7-11)13(20)16-9-3-2-4-10(5-9)19-8-15-17-18-19/h2-5,8,11-12,14H,6-7H2,1H3,(H,16,20). The molecule has 0 radical (unpaired) electrons. The number of ether oxygens (including phenoxy) is 1. The Hall–Kier alpha value is -2.32. The van der Waals surface area contributed by atoms with Gasteiger partial charge in [-0.1, -0.05) is 6.07 Å². The Bertz CT molecular complexity index is 615. The van der Waals surface area contributed by atoms with Crippen LogP contribution in [0.25, 0.3) is 5.69 Å². The van der Waals surface area contributed by atoms with Crippen molar-refractivity contribution in [2.75, 3.05) is 19.0 Å². The molecule has 1 fully saturated rings. The molecule has 0 spiro atoms. The Morgan fingerprint density at radius 2 is 2.43 bits per heavy atom. The minimum Gasteiger partial charge on any atom is -0.380 e. The first-order valence-corrected chi connectivity index (χ1v) is 6.67. The van der Waals surface area contributed by atoms with E-state index in [0.717, 1.165) is 5.69 Å². The summed E-state index contributed by atoms with van der Waals surface area (Å²) < 4.78 is 6.77. The van der Waals surface area contributed by atoms with Crippen LogP contribution in [-0.4, -0.2) is 51.9 Å². The van der Waals surface area contributed by atoms with Crippen LogP contribution in [0.1, 0.15) is 6.42 Å². The minimum absolute atomic E-state index is 0.0663. The number of hydrogen-bond acceptors (Lipinski definition) is 6. The van der Waals surface area contributed by atoms with Gasteiger partial charge in [0, 0.05) is 19.3 Å². The van der Waals surface area contributed by atoms with Crippen LogP contribution < -0.4 is 10.6 Å². The summed E-state index contributed by atoms with van der Waals surface area (Å²) >= 11 is 0. The predicted molar refractivity (Wildman–Crippen MR) is 75.0 cm³/mol. The Labute approximate surface area is 121 Å². The highest BCUT2D eigenvalue weighted by Crippen LogP contribution is 2.16. The topological polar surface area (TPSA) is 94.0 Å². The first-order chi connectivity index (χ1) is 10.3. The van der Waals surface area contributed by atoms with Crippen molar-refractivity contribution < 1.29 is 9.53 Å². The summed E-state index contributed by atoms with van der Waals surface area (Å²) in [6, 6.07) is 7.12. The molecular formula is C13H16N6O2. The van der Waals surface area contributed by atoms with Crippen LogP contribution in [0.5, 0.6) is 0 Å². The van der Waals surface area contributed by atoms with Crippen LogP contribution in [-0.2, 0) is 9.53 Å². The Kier molecular flexibility index (Phi) is 3.89. The zero-order valence-electron chi connectivity index (χ0n) is 11.6. The number of rotatable bonds is 4. The van der Waals surface area contributed by atoms with E-state index in [1.807, 2.05) is 24.3 Å². The number of hydrogen-bond donors (Lipinski definition) is 2. The summed E-state index contributed by atoms with van der Waals surface area (Å²) in [7, 11) is 1.66. The molecule has 2 unspecified atom stereocenters. The van der Waals surface area contributed by atoms with E-state index in [0.29, 0.717) is 18.7 Å². The fraction of sp³-hybridized carbons (Fsp3) is 0.385. The monoisotopic (exact) mass is 288 g/mol. The first-order valence-electron chi connectivity index (χ1n) is 6.67. The van der Waals surface area contributed by atoms with Crippen molar-refractivity contribution >= 4 is 11.6 Å². The molecule has 2 heterocycles. The van der Waals surface area contributed by atoms with Crippen LogP contribution in [0.4, 0.5) is 5.69 Å². The van der Waals surface area contributed by atoms with Crippen LogP contribution in [0.2, 0.25) is 0 Å². The van der Waals surface area contributed by atoms with Crippen LogP contribution in [0.15, 0.2) is 30.6 Å². The van der Waals surface area contributed by atoms with Crippen molar-refractivity contribution in [1.82, 2.24) is 25.5 Å². The number of aromatic nitrogens is 4. The van der Waals surface area contributed by atoms with Gasteiger partial charge in [0.1, 0.15) is 6.33 Å². The van der Waals surface area contributed by atoms with Crippen molar-refractivity contribution in [2.24, 2.45) is 0 Å². The lowest BCUT2D eigenvalue weighted by Gasteiger charge is -2.12. The van der Waals surface area contributed by atoms with Gasteiger partial charge in [-0.3, -0.25) is 4.79 Å². The third-order valence-corrected chi connectivity index (χ3v) is 3.47. The van der Waals surface area contributed by atoms with E-state index < -0.39 is 0 Å². The van der Waals surface area contributed by atoms with Gasteiger partial charge in [-0.25, -0.2) is 4.68 Å². The summed E-state index contributed by atoms with van der Waals surface area (Å²) in [5, 5.41) is 17.0.